The van der Waals surface area contributed by atoms with Crippen LogP contribution in [0.2, 0.25) is 0 Å². The quantitative estimate of drug-likeness (QED) is 0.831. The summed E-state index contributed by atoms with van der Waals surface area (Å²) < 4.78 is 0. The zero-order chi connectivity index (χ0) is 11.0. The summed E-state index contributed by atoms with van der Waals surface area (Å²) in [5, 5.41) is 0. The van der Waals surface area contributed by atoms with Crippen LogP contribution in [0.1, 0.15) is 24.2 Å². The third-order valence-electron chi connectivity index (χ3n) is 3.20. The Morgan fingerprint density at radius 2 is 2.31 bits per heavy atom. The van der Waals surface area contributed by atoms with E-state index in [-0.39, 0.29) is 0 Å². The van der Waals surface area contributed by atoms with Crippen molar-refractivity contribution in [1.29, 1.82) is 0 Å². The Morgan fingerprint density at radius 3 is 3.12 bits per heavy atom. The summed E-state index contributed by atoms with van der Waals surface area (Å²) in [6, 6.07) is 8.64. The number of benzene rings is 1. The number of aromatic amines is 1. The van der Waals surface area contributed by atoms with E-state index in [2.05, 4.69) is 46.1 Å². The lowest BCUT2D eigenvalue weighted by Crippen LogP contribution is -2.21. The van der Waals surface area contributed by atoms with Crippen LogP contribution in [-0.4, -0.2) is 16.5 Å². The Balaban J connectivity index is 1.89. The number of imidazole rings is 1. The van der Waals surface area contributed by atoms with Crippen LogP contribution in [0, 0.1) is 0 Å². The molecule has 82 valence electrons. The fourth-order valence-corrected chi connectivity index (χ4v) is 2.43. The number of anilines is 1. The molecule has 0 radical (unpaired) electrons. The number of fused-ring (bicyclic) bond motifs is 1. The smallest absolute Gasteiger partial charge is 0.125 e. The minimum Gasteiger partial charge on any atom is -0.363 e. The molecule has 3 nitrogen and oxygen atoms in total. The highest BCUT2D eigenvalue weighted by atomic mass is 15.2. The van der Waals surface area contributed by atoms with Crippen molar-refractivity contribution in [2.75, 3.05) is 11.4 Å². The number of rotatable bonds is 2. The van der Waals surface area contributed by atoms with Gasteiger partial charge in [-0.2, -0.15) is 0 Å². The second kappa shape index (κ2) is 3.67. The van der Waals surface area contributed by atoms with E-state index in [1.54, 1.807) is 6.20 Å². The van der Waals surface area contributed by atoms with E-state index in [1.165, 1.54) is 11.3 Å². The second-order valence-corrected chi connectivity index (χ2v) is 4.38. The average Bonchev–Trinajstić information content (AvgIpc) is 2.90. The number of nitrogens with one attached hydrogen (secondary N) is 1. The summed E-state index contributed by atoms with van der Waals surface area (Å²) in [5.74, 6) is 1.65. The third-order valence-corrected chi connectivity index (χ3v) is 3.20. The minimum absolute atomic E-state index is 0.617. The van der Waals surface area contributed by atoms with Crippen molar-refractivity contribution in [3.8, 4) is 0 Å². The number of aromatic nitrogens is 2. The first-order chi connectivity index (χ1) is 7.84. The lowest BCUT2D eigenvalue weighted by Gasteiger charge is -2.17. The topological polar surface area (TPSA) is 31.9 Å². The monoisotopic (exact) mass is 213 g/mol. The first kappa shape index (κ1) is 9.46. The van der Waals surface area contributed by atoms with Crippen LogP contribution in [0.4, 0.5) is 5.69 Å². The molecule has 2 aromatic rings. The van der Waals surface area contributed by atoms with E-state index >= 15 is 0 Å². The maximum Gasteiger partial charge on any atom is 0.125 e. The molecule has 1 atom stereocenters. The van der Waals surface area contributed by atoms with Crippen LogP contribution < -0.4 is 4.90 Å². The first-order valence-electron chi connectivity index (χ1n) is 5.67. The van der Waals surface area contributed by atoms with E-state index < -0.39 is 0 Å². The first-order valence-corrected chi connectivity index (χ1v) is 5.67. The predicted octanol–water partition coefficient (Wildman–Crippen LogP) is 2.53. The Hall–Kier alpha value is -1.77. The summed E-state index contributed by atoms with van der Waals surface area (Å²) in [4.78, 5) is 9.83. The van der Waals surface area contributed by atoms with Gasteiger partial charge in [0.15, 0.2) is 0 Å². The molecule has 0 spiro atoms. The molecule has 0 amide bonds. The van der Waals surface area contributed by atoms with E-state index in [0.29, 0.717) is 5.92 Å². The molecule has 0 aliphatic carbocycles. The average molecular weight is 213 g/mol. The van der Waals surface area contributed by atoms with Gasteiger partial charge in [0.05, 0.1) is 6.54 Å². The summed E-state index contributed by atoms with van der Waals surface area (Å²) in [7, 11) is 0. The maximum absolute atomic E-state index is 4.28. The Bertz CT molecular complexity index is 476. The number of nitrogens with zero attached hydrogens (tertiary/aromatic N) is 2. The summed E-state index contributed by atoms with van der Waals surface area (Å²) >= 11 is 0. The molecular formula is C13H15N3. The molecule has 1 N–H and O–H groups in total. The molecule has 1 unspecified atom stereocenters. The van der Waals surface area contributed by atoms with Gasteiger partial charge in [0, 0.05) is 30.5 Å². The molecule has 1 aromatic heterocycles. The molecule has 0 bridgehead atoms. The van der Waals surface area contributed by atoms with Gasteiger partial charge < -0.3 is 9.88 Å². The van der Waals surface area contributed by atoms with Gasteiger partial charge in [-0.1, -0.05) is 25.1 Å². The third kappa shape index (κ3) is 1.48. The summed E-state index contributed by atoms with van der Waals surface area (Å²) in [6.07, 6.45) is 3.68. The molecule has 16 heavy (non-hydrogen) atoms. The van der Waals surface area contributed by atoms with Crippen LogP contribution in [0.5, 0.6) is 0 Å². The zero-order valence-corrected chi connectivity index (χ0v) is 9.35. The highest BCUT2D eigenvalue weighted by Crippen LogP contribution is 2.36. The number of hydrogen-bond acceptors (Lipinski definition) is 2. The lowest BCUT2D eigenvalue weighted by molar-refractivity contribution is 0.729. The van der Waals surface area contributed by atoms with Gasteiger partial charge in [-0.05, 0) is 11.6 Å². The van der Waals surface area contributed by atoms with Crippen LogP contribution in [0.15, 0.2) is 36.7 Å². The van der Waals surface area contributed by atoms with E-state index in [0.717, 1.165) is 18.9 Å². The van der Waals surface area contributed by atoms with Crippen LogP contribution in [0.3, 0.4) is 0 Å². The maximum atomic E-state index is 4.28. The molecule has 3 heteroatoms. The molecule has 0 saturated heterocycles. The van der Waals surface area contributed by atoms with E-state index in [4.69, 9.17) is 0 Å². The Labute approximate surface area is 95.1 Å². The Kier molecular flexibility index (Phi) is 2.17. The van der Waals surface area contributed by atoms with Crippen molar-refractivity contribution >= 4 is 5.69 Å². The van der Waals surface area contributed by atoms with E-state index in [9.17, 15) is 0 Å². The SMILES string of the molecule is CC1CN(Cc2ncc[nH]2)c2ccccc21. The van der Waals surface area contributed by atoms with Gasteiger partial charge in [0.2, 0.25) is 0 Å². The van der Waals surface area contributed by atoms with Crippen molar-refractivity contribution in [3.05, 3.63) is 48.0 Å². The van der Waals surface area contributed by atoms with Gasteiger partial charge in [0.1, 0.15) is 5.82 Å². The number of H-pyrrole nitrogens is 1. The Morgan fingerprint density at radius 1 is 1.44 bits per heavy atom. The second-order valence-electron chi connectivity index (χ2n) is 4.38. The largest absolute Gasteiger partial charge is 0.363 e. The molecule has 1 aromatic carbocycles. The van der Waals surface area contributed by atoms with Crippen LogP contribution >= 0.6 is 0 Å². The van der Waals surface area contributed by atoms with Crippen molar-refractivity contribution < 1.29 is 0 Å². The zero-order valence-electron chi connectivity index (χ0n) is 9.35. The predicted molar refractivity (Wildman–Crippen MR) is 64.5 cm³/mol. The molecule has 0 fully saturated rings. The number of hydrogen-bond donors (Lipinski definition) is 1. The lowest BCUT2D eigenvalue weighted by atomic mass is 10.0. The summed E-state index contributed by atoms with van der Waals surface area (Å²) in [5.41, 5.74) is 2.81. The molecule has 3 rings (SSSR count). The molecule has 1 aliphatic heterocycles. The van der Waals surface area contributed by atoms with Gasteiger partial charge in [-0.25, -0.2) is 4.98 Å². The molecule has 2 heterocycles. The van der Waals surface area contributed by atoms with Gasteiger partial charge in [-0.3, -0.25) is 0 Å². The fraction of sp³-hybridized carbons (Fsp3) is 0.308. The molecule has 1 aliphatic rings. The van der Waals surface area contributed by atoms with E-state index in [1.807, 2.05) is 6.20 Å². The van der Waals surface area contributed by atoms with Crippen molar-refractivity contribution in [3.63, 3.8) is 0 Å². The fourth-order valence-electron chi connectivity index (χ4n) is 2.43. The van der Waals surface area contributed by atoms with Crippen molar-refractivity contribution in [2.45, 2.75) is 19.4 Å². The van der Waals surface area contributed by atoms with Crippen LogP contribution in [0.25, 0.3) is 0 Å². The molecular weight excluding hydrogens is 198 g/mol. The van der Waals surface area contributed by atoms with Gasteiger partial charge >= 0.3 is 0 Å². The molecule has 0 saturated carbocycles. The normalized spacial score (nSPS) is 18.8. The number of para-hydroxylation sites is 1. The van der Waals surface area contributed by atoms with Gasteiger partial charge in [-0.15, -0.1) is 0 Å². The summed E-state index contributed by atoms with van der Waals surface area (Å²) in [6.45, 7) is 4.23. The van der Waals surface area contributed by atoms with Crippen LogP contribution in [-0.2, 0) is 6.54 Å². The van der Waals surface area contributed by atoms with Crippen molar-refractivity contribution in [1.82, 2.24) is 9.97 Å². The minimum atomic E-state index is 0.617. The highest BCUT2D eigenvalue weighted by Gasteiger charge is 2.24. The van der Waals surface area contributed by atoms with Gasteiger partial charge in [0.25, 0.3) is 0 Å². The highest BCUT2D eigenvalue weighted by molar-refractivity contribution is 5.59. The standard InChI is InChI=1S/C13H15N3/c1-10-8-16(9-13-14-6-7-15-13)12-5-3-2-4-11(10)12/h2-7,10H,8-9H2,1H3,(H,14,15). The van der Waals surface area contributed by atoms with Crippen molar-refractivity contribution in [2.24, 2.45) is 0 Å².